The fraction of sp³-hybridized carbons (Fsp3) is 0.286. The summed E-state index contributed by atoms with van der Waals surface area (Å²) < 4.78 is 6.37. The third-order valence-electron chi connectivity index (χ3n) is 2.93. The molecule has 0 saturated carbocycles. The Morgan fingerprint density at radius 2 is 2.00 bits per heavy atom. The Balaban J connectivity index is 2.51. The van der Waals surface area contributed by atoms with Gasteiger partial charge >= 0.3 is 5.97 Å². The van der Waals surface area contributed by atoms with Crippen LogP contribution in [0, 0.1) is 13.8 Å². The molecule has 0 radical (unpaired) electrons. The summed E-state index contributed by atoms with van der Waals surface area (Å²) in [7, 11) is 3.18. The van der Waals surface area contributed by atoms with Gasteiger partial charge in [-0.05, 0) is 25.5 Å². The SMILES string of the molecule is COC(=O)c1cc(-c2ccc(C)cc2C)n(C)n1. The maximum atomic E-state index is 11.5. The molecular formula is C14H16N2O2. The van der Waals surface area contributed by atoms with Crippen LogP contribution >= 0.6 is 0 Å². The monoisotopic (exact) mass is 244 g/mol. The molecule has 18 heavy (non-hydrogen) atoms. The Kier molecular flexibility index (Phi) is 3.19. The van der Waals surface area contributed by atoms with Crippen molar-refractivity contribution in [1.29, 1.82) is 0 Å². The molecule has 1 aromatic carbocycles. The summed E-state index contributed by atoms with van der Waals surface area (Å²) in [4.78, 5) is 11.5. The highest BCUT2D eigenvalue weighted by atomic mass is 16.5. The number of aromatic nitrogens is 2. The zero-order valence-corrected chi connectivity index (χ0v) is 11.0. The zero-order valence-electron chi connectivity index (χ0n) is 11.0. The third-order valence-corrected chi connectivity index (χ3v) is 2.93. The smallest absolute Gasteiger partial charge is 0.358 e. The standard InChI is InChI=1S/C14H16N2O2/c1-9-5-6-11(10(2)7-9)13-8-12(14(17)18-4)15-16(13)3/h5-8H,1-4H3. The number of ether oxygens (including phenoxy) is 1. The van der Waals surface area contributed by atoms with E-state index in [1.807, 2.05) is 26.1 Å². The number of esters is 1. The second-order valence-corrected chi connectivity index (χ2v) is 4.35. The number of hydrogen-bond donors (Lipinski definition) is 0. The van der Waals surface area contributed by atoms with Gasteiger partial charge in [0, 0.05) is 12.6 Å². The van der Waals surface area contributed by atoms with Gasteiger partial charge in [-0.3, -0.25) is 4.68 Å². The van der Waals surface area contributed by atoms with Crippen molar-refractivity contribution < 1.29 is 9.53 Å². The van der Waals surface area contributed by atoms with E-state index in [4.69, 9.17) is 0 Å². The number of aryl methyl sites for hydroxylation is 3. The molecule has 0 atom stereocenters. The van der Waals surface area contributed by atoms with Gasteiger partial charge in [-0.25, -0.2) is 4.79 Å². The molecule has 4 nitrogen and oxygen atoms in total. The van der Waals surface area contributed by atoms with Gasteiger partial charge in [-0.2, -0.15) is 5.10 Å². The van der Waals surface area contributed by atoms with Crippen molar-refractivity contribution in [3.05, 3.63) is 41.1 Å². The highest BCUT2D eigenvalue weighted by Crippen LogP contribution is 2.24. The van der Waals surface area contributed by atoms with Gasteiger partial charge < -0.3 is 4.74 Å². The van der Waals surface area contributed by atoms with Crippen molar-refractivity contribution in [1.82, 2.24) is 9.78 Å². The molecule has 0 bridgehead atoms. The van der Waals surface area contributed by atoms with Crippen LogP contribution in [0.25, 0.3) is 11.3 Å². The maximum absolute atomic E-state index is 11.5. The molecule has 94 valence electrons. The Bertz CT molecular complexity index is 600. The Labute approximate surface area is 106 Å². The van der Waals surface area contributed by atoms with E-state index in [0.29, 0.717) is 5.69 Å². The first kappa shape index (κ1) is 12.4. The lowest BCUT2D eigenvalue weighted by Gasteiger charge is -2.06. The molecule has 2 rings (SSSR count). The predicted molar refractivity (Wildman–Crippen MR) is 69.5 cm³/mol. The number of benzene rings is 1. The van der Waals surface area contributed by atoms with Gasteiger partial charge in [0.25, 0.3) is 0 Å². The van der Waals surface area contributed by atoms with Gasteiger partial charge in [0.1, 0.15) is 0 Å². The summed E-state index contributed by atoms with van der Waals surface area (Å²) in [6.45, 7) is 4.10. The van der Waals surface area contributed by atoms with Crippen LogP contribution in [0.3, 0.4) is 0 Å². The minimum atomic E-state index is -0.415. The van der Waals surface area contributed by atoms with Crippen molar-refractivity contribution in [2.75, 3.05) is 7.11 Å². The fourth-order valence-electron chi connectivity index (χ4n) is 2.02. The van der Waals surface area contributed by atoms with Gasteiger partial charge in [0.15, 0.2) is 5.69 Å². The topological polar surface area (TPSA) is 44.1 Å². The Morgan fingerprint density at radius 3 is 2.61 bits per heavy atom. The molecule has 0 unspecified atom stereocenters. The van der Waals surface area contributed by atoms with Gasteiger partial charge in [0.2, 0.25) is 0 Å². The normalized spacial score (nSPS) is 10.4. The maximum Gasteiger partial charge on any atom is 0.358 e. The van der Waals surface area contributed by atoms with Crippen LogP contribution in [0.1, 0.15) is 21.6 Å². The first-order chi connectivity index (χ1) is 8.52. The lowest BCUT2D eigenvalue weighted by atomic mass is 10.0. The quantitative estimate of drug-likeness (QED) is 0.762. The third kappa shape index (κ3) is 2.14. The summed E-state index contributed by atoms with van der Waals surface area (Å²) in [6.07, 6.45) is 0. The molecule has 0 spiro atoms. The van der Waals surface area contributed by atoms with E-state index in [-0.39, 0.29) is 0 Å². The molecule has 0 aliphatic carbocycles. The fourth-order valence-corrected chi connectivity index (χ4v) is 2.02. The second-order valence-electron chi connectivity index (χ2n) is 4.35. The first-order valence-electron chi connectivity index (χ1n) is 5.73. The van der Waals surface area contributed by atoms with Crippen LogP contribution in [0.2, 0.25) is 0 Å². The van der Waals surface area contributed by atoms with Gasteiger partial charge in [0.05, 0.1) is 12.8 Å². The summed E-state index contributed by atoms with van der Waals surface area (Å²) in [5.41, 5.74) is 4.69. The Morgan fingerprint density at radius 1 is 1.28 bits per heavy atom. The molecule has 0 N–H and O–H groups in total. The molecule has 0 aliphatic heterocycles. The summed E-state index contributed by atoms with van der Waals surface area (Å²) in [6, 6.07) is 7.96. The number of hydrogen-bond acceptors (Lipinski definition) is 3. The Hall–Kier alpha value is -2.10. The molecule has 0 saturated heterocycles. The average Bonchev–Trinajstić information content (AvgIpc) is 2.70. The average molecular weight is 244 g/mol. The molecule has 4 heteroatoms. The summed E-state index contributed by atoms with van der Waals surface area (Å²) >= 11 is 0. The van der Waals surface area contributed by atoms with Gasteiger partial charge in [-0.15, -0.1) is 0 Å². The minimum Gasteiger partial charge on any atom is -0.464 e. The van der Waals surface area contributed by atoms with Crippen LogP contribution in [0.15, 0.2) is 24.3 Å². The second kappa shape index (κ2) is 4.64. The van der Waals surface area contributed by atoms with Crippen molar-refractivity contribution in [3.8, 4) is 11.3 Å². The van der Waals surface area contributed by atoms with Crippen LogP contribution in [0.5, 0.6) is 0 Å². The van der Waals surface area contributed by atoms with Crippen molar-refractivity contribution in [2.24, 2.45) is 7.05 Å². The summed E-state index contributed by atoms with van der Waals surface area (Å²) in [5.74, 6) is -0.415. The van der Waals surface area contributed by atoms with Crippen LogP contribution < -0.4 is 0 Å². The molecule has 2 aromatic rings. The molecule has 0 amide bonds. The van der Waals surface area contributed by atoms with Crippen LogP contribution in [-0.4, -0.2) is 22.9 Å². The number of nitrogens with zero attached hydrogens (tertiary/aromatic N) is 2. The first-order valence-corrected chi connectivity index (χ1v) is 5.73. The number of methoxy groups -OCH3 is 1. The van der Waals surface area contributed by atoms with Crippen molar-refractivity contribution >= 4 is 5.97 Å². The van der Waals surface area contributed by atoms with E-state index in [1.54, 1.807) is 10.7 Å². The number of rotatable bonds is 2. The molecule has 1 aromatic heterocycles. The van der Waals surface area contributed by atoms with Gasteiger partial charge in [-0.1, -0.05) is 23.8 Å². The lowest BCUT2D eigenvalue weighted by Crippen LogP contribution is -2.03. The van der Waals surface area contributed by atoms with Crippen molar-refractivity contribution in [2.45, 2.75) is 13.8 Å². The minimum absolute atomic E-state index is 0.329. The van der Waals surface area contributed by atoms with Crippen LogP contribution in [0.4, 0.5) is 0 Å². The lowest BCUT2D eigenvalue weighted by molar-refractivity contribution is 0.0593. The zero-order chi connectivity index (χ0) is 13.3. The van der Waals surface area contributed by atoms with E-state index >= 15 is 0 Å². The highest BCUT2D eigenvalue weighted by molar-refractivity contribution is 5.88. The van der Waals surface area contributed by atoms with Crippen LogP contribution in [-0.2, 0) is 11.8 Å². The molecule has 0 fully saturated rings. The van der Waals surface area contributed by atoms with E-state index in [1.165, 1.54) is 12.7 Å². The highest BCUT2D eigenvalue weighted by Gasteiger charge is 2.15. The summed E-state index contributed by atoms with van der Waals surface area (Å²) in [5, 5.41) is 4.16. The number of carbonyl (C=O) groups is 1. The largest absolute Gasteiger partial charge is 0.464 e. The van der Waals surface area contributed by atoms with Crippen molar-refractivity contribution in [3.63, 3.8) is 0 Å². The van der Waals surface area contributed by atoms with E-state index in [9.17, 15) is 4.79 Å². The van der Waals surface area contributed by atoms with E-state index < -0.39 is 5.97 Å². The predicted octanol–water partition coefficient (Wildman–Crippen LogP) is 2.49. The van der Waals surface area contributed by atoms with E-state index in [0.717, 1.165) is 16.8 Å². The number of carbonyl (C=O) groups excluding carboxylic acids is 1. The molecular weight excluding hydrogens is 228 g/mol. The molecule has 1 heterocycles. The van der Waals surface area contributed by atoms with E-state index in [2.05, 4.69) is 22.8 Å². The molecule has 0 aliphatic rings.